The van der Waals surface area contributed by atoms with Gasteiger partial charge in [-0.2, -0.15) is 0 Å². The third-order valence-corrected chi connectivity index (χ3v) is 4.19. The van der Waals surface area contributed by atoms with E-state index in [9.17, 15) is 14.4 Å². The maximum Gasteiger partial charge on any atom is 0.344 e. The Labute approximate surface area is 137 Å². The minimum absolute atomic E-state index is 0.0430. The highest BCUT2D eigenvalue weighted by Gasteiger charge is 2.28. The Bertz CT molecular complexity index is 853. The zero-order chi connectivity index (χ0) is 16.6. The van der Waals surface area contributed by atoms with Crippen LogP contribution in [0.2, 0.25) is 5.02 Å². The number of nitrogens with one attached hydrogen (secondary N) is 1. The van der Waals surface area contributed by atoms with Crippen molar-refractivity contribution in [3.63, 3.8) is 0 Å². The first kappa shape index (κ1) is 15.6. The van der Waals surface area contributed by atoms with E-state index in [1.165, 1.54) is 13.2 Å². The number of hydrogen-bond donors (Lipinski definition) is 1. The smallest absolute Gasteiger partial charge is 0.344 e. The lowest BCUT2D eigenvalue weighted by Gasteiger charge is -2.17. The second-order valence-electron chi connectivity index (χ2n) is 5.38. The molecule has 1 saturated heterocycles. The molecule has 0 spiro atoms. The highest BCUT2D eigenvalue weighted by Crippen LogP contribution is 2.20. The van der Waals surface area contributed by atoms with Crippen LogP contribution in [0, 0.1) is 0 Å². The third kappa shape index (κ3) is 2.70. The molecule has 0 unspecified atom stereocenters. The number of likely N-dealkylation sites (tertiary alicyclic amines) is 1. The van der Waals surface area contributed by atoms with Gasteiger partial charge in [0, 0.05) is 23.5 Å². The van der Waals surface area contributed by atoms with Gasteiger partial charge >= 0.3 is 5.97 Å². The molecule has 2 heterocycles. The number of aromatic nitrogens is 1. The SMILES string of the molecule is COC(=O)c1c(C(=O)N2CCCC2)[nH]c2cc(Cl)ccc2c1=O. The molecule has 7 heteroatoms. The van der Waals surface area contributed by atoms with E-state index >= 15 is 0 Å². The van der Waals surface area contributed by atoms with E-state index in [1.54, 1.807) is 17.0 Å². The maximum absolute atomic E-state index is 12.7. The van der Waals surface area contributed by atoms with Gasteiger partial charge in [0.15, 0.2) is 0 Å². The number of rotatable bonds is 2. The van der Waals surface area contributed by atoms with E-state index in [0.29, 0.717) is 23.6 Å². The fourth-order valence-corrected chi connectivity index (χ4v) is 2.97. The van der Waals surface area contributed by atoms with Crippen LogP contribution in [0.1, 0.15) is 33.7 Å². The number of ether oxygens (including phenoxy) is 1. The van der Waals surface area contributed by atoms with Crippen molar-refractivity contribution in [2.24, 2.45) is 0 Å². The summed E-state index contributed by atoms with van der Waals surface area (Å²) in [7, 11) is 1.18. The van der Waals surface area contributed by atoms with E-state index in [2.05, 4.69) is 9.72 Å². The summed E-state index contributed by atoms with van der Waals surface area (Å²) in [5, 5.41) is 0.714. The molecule has 2 aromatic rings. The van der Waals surface area contributed by atoms with Crippen LogP contribution < -0.4 is 5.43 Å². The van der Waals surface area contributed by atoms with Crippen LogP contribution in [-0.2, 0) is 4.74 Å². The Morgan fingerprint density at radius 2 is 1.96 bits per heavy atom. The Hall–Kier alpha value is -2.34. The highest BCUT2D eigenvalue weighted by molar-refractivity contribution is 6.31. The van der Waals surface area contributed by atoms with E-state index in [4.69, 9.17) is 11.6 Å². The number of carbonyl (C=O) groups excluding carboxylic acids is 2. The lowest BCUT2D eigenvalue weighted by Crippen LogP contribution is -2.33. The molecule has 1 aliphatic heterocycles. The quantitative estimate of drug-likeness (QED) is 0.854. The second-order valence-corrected chi connectivity index (χ2v) is 5.82. The lowest BCUT2D eigenvalue weighted by atomic mass is 10.1. The zero-order valence-corrected chi connectivity index (χ0v) is 13.3. The zero-order valence-electron chi connectivity index (χ0n) is 12.5. The van der Waals surface area contributed by atoms with Gasteiger partial charge in [0.1, 0.15) is 11.3 Å². The highest BCUT2D eigenvalue weighted by atomic mass is 35.5. The topological polar surface area (TPSA) is 79.5 Å². The Balaban J connectivity index is 2.26. The number of methoxy groups -OCH3 is 1. The van der Waals surface area contributed by atoms with Crippen molar-refractivity contribution in [3.05, 3.63) is 44.7 Å². The number of aromatic amines is 1. The fraction of sp³-hybridized carbons (Fsp3) is 0.312. The number of amides is 1. The first-order valence-electron chi connectivity index (χ1n) is 7.26. The molecule has 1 amide bonds. The van der Waals surface area contributed by atoms with Gasteiger partial charge in [0.2, 0.25) is 5.43 Å². The molecule has 0 radical (unpaired) electrons. The van der Waals surface area contributed by atoms with E-state index in [1.807, 2.05) is 0 Å². The van der Waals surface area contributed by atoms with Gasteiger partial charge in [0.05, 0.1) is 12.6 Å². The minimum Gasteiger partial charge on any atom is -0.465 e. The van der Waals surface area contributed by atoms with Gasteiger partial charge < -0.3 is 14.6 Å². The van der Waals surface area contributed by atoms with Crippen LogP contribution in [0.15, 0.2) is 23.0 Å². The number of carbonyl (C=O) groups is 2. The molecule has 6 nitrogen and oxygen atoms in total. The van der Waals surface area contributed by atoms with Gasteiger partial charge in [-0.15, -0.1) is 0 Å². The van der Waals surface area contributed by atoms with Crippen molar-refractivity contribution in [3.8, 4) is 0 Å². The number of halogens is 1. The Morgan fingerprint density at radius 1 is 1.26 bits per heavy atom. The largest absolute Gasteiger partial charge is 0.465 e. The molecular weight excluding hydrogens is 320 g/mol. The maximum atomic E-state index is 12.7. The summed E-state index contributed by atoms with van der Waals surface area (Å²) < 4.78 is 4.69. The summed E-state index contributed by atoms with van der Waals surface area (Å²) in [5.74, 6) is -1.20. The van der Waals surface area contributed by atoms with Crippen molar-refractivity contribution >= 4 is 34.4 Å². The van der Waals surface area contributed by atoms with Gasteiger partial charge in [0.25, 0.3) is 5.91 Å². The number of H-pyrrole nitrogens is 1. The molecule has 3 rings (SSSR count). The fourth-order valence-electron chi connectivity index (χ4n) is 2.80. The number of esters is 1. The number of hydrogen-bond acceptors (Lipinski definition) is 4. The molecule has 1 aromatic heterocycles. The van der Waals surface area contributed by atoms with Gasteiger partial charge in [-0.3, -0.25) is 9.59 Å². The first-order chi connectivity index (χ1) is 11.0. The molecule has 1 N–H and O–H groups in total. The Kier molecular flexibility index (Phi) is 4.09. The van der Waals surface area contributed by atoms with Crippen molar-refractivity contribution in [1.82, 2.24) is 9.88 Å². The molecule has 1 fully saturated rings. The summed E-state index contributed by atoms with van der Waals surface area (Å²) in [6.45, 7) is 1.21. The van der Waals surface area contributed by atoms with Crippen molar-refractivity contribution in [1.29, 1.82) is 0 Å². The molecular formula is C16H15ClN2O4. The predicted molar refractivity (Wildman–Crippen MR) is 86.1 cm³/mol. The van der Waals surface area contributed by atoms with Crippen molar-refractivity contribution < 1.29 is 14.3 Å². The molecule has 0 aliphatic carbocycles. The average molecular weight is 335 g/mol. The van der Waals surface area contributed by atoms with E-state index < -0.39 is 11.4 Å². The summed E-state index contributed by atoms with van der Waals surface area (Å²) in [6, 6.07) is 4.63. The normalized spacial score (nSPS) is 14.3. The average Bonchev–Trinajstić information content (AvgIpc) is 3.07. The molecule has 0 saturated carbocycles. The van der Waals surface area contributed by atoms with Crippen LogP contribution in [0.3, 0.4) is 0 Å². The number of benzene rings is 1. The standard InChI is InChI=1S/C16H15ClN2O4/c1-23-16(22)12-13(15(21)19-6-2-3-7-19)18-11-8-9(17)4-5-10(11)14(12)20/h4-5,8H,2-3,6-7H2,1H3,(H,18,20). The lowest BCUT2D eigenvalue weighted by molar-refractivity contribution is 0.0589. The van der Waals surface area contributed by atoms with Crippen LogP contribution in [-0.4, -0.2) is 42.0 Å². The van der Waals surface area contributed by atoms with Crippen LogP contribution >= 0.6 is 11.6 Å². The van der Waals surface area contributed by atoms with Gasteiger partial charge in [-0.05, 0) is 31.0 Å². The number of pyridine rings is 1. The summed E-state index contributed by atoms with van der Waals surface area (Å²) >= 11 is 5.95. The minimum atomic E-state index is -0.828. The van der Waals surface area contributed by atoms with Crippen LogP contribution in [0.5, 0.6) is 0 Å². The van der Waals surface area contributed by atoms with Crippen molar-refractivity contribution in [2.45, 2.75) is 12.8 Å². The summed E-state index contributed by atoms with van der Waals surface area (Å²) in [6.07, 6.45) is 1.81. The van der Waals surface area contributed by atoms with E-state index in [-0.39, 0.29) is 22.6 Å². The number of nitrogens with zero attached hydrogens (tertiary/aromatic N) is 1. The van der Waals surface area contributed by atoms with Gasteiger partial charge in [-0.1, -0.05) is 11.6 Å². The second kappa shape index (κ2) is 6.04. The molecule has 1 aromatic carbocycles. The summed E-state index contributed by atoms with van der Waals surface area (Å²) in [5.41, 5.74) is -0.430. The summed E-state index contributed by atoms with van der Waals surface area (Å²) in [4.78, 5) is 41.9. The molecule has 1 aliphatic rings. The monoisotopic (exact) mass is 334 g/mol. The molecule has 23 heavy (non-hydrogen) atoms. The number of fused-ring (bicyclic) bond motifs is 1. The molecule has 0 atom stereocenters. The molecule has 120 valence electrons. The molecule has 0 bridgehead atoms. The third-order valence-electron chi connectivity index (χ3n) is 3.96. The van der Waals surface area contributed by atoms with Gasteiger partial charge in [-0.25, -0.2) is 4.79 Å². The first-order valence-corrected chi connectivity index (χ1v) is 7.64. The van der Waals surface area contributed by atoms with Crippen molar-refractivity contribution in [2.75, 3.05) is 20.2 Å². The Morgan fingerprint density at radius 3 is 2.61 bits per heavy atom. The van der Waals surface area contributed by atoms with Crippen LogP contribution in [0.25, 0.3) is 10.9 Å². The van der Waals surface area contributed by atoms with E-state index in [0.717, 1.165) is 12.8 Å². The van der Waals surface area contributed by atoms with Crippen LogP contribution in [0.4, 0.5) is 0 Å². The predicted octanol–water partition coefficient (Wildman–Crippen LogP) is 2.20.